The van der Waals surface area contributed by atoms with Gasteiger partial charge in [0, 0.05) is 30.7 Å². The van der Waals surface area contributed by atoms with E-state index in [0.717, 1.165) is 31.5 Å². The second-order valence-electron chi connectivity index (χ2n) is 5.97. The van der Waals surface area contributed by atoms with Gasteiger partial charge in [0.05, 0.1) is 12.4 Å². The standard InChI is InChI=1S/C17H23N3O/c1-19(16-4-2-3-5-17(16)21)12-14-6-8-15(9-7-14)20-11-10-18-13-20/h6-11,13,16-17,21H,2-5,12H2,1H3. The summed E-state index contributed by atoms with van der Waals surface area (Å²) in [5, 5.41) is 10.1. The lowest BCUT2D eigenvalue weighted by Gasteiger charge is -2.35. The zero-order valence-corrected chi connectivity index (χ0v) is 12.5. The van der Waals surface area contributed by atoms with E-state index in [4.69, 9.17) is 0 Å². The third-order valence-electron chi connectivity index (χ3n) is 4.43. The number of benzene rings is 1. The average Bonchev–Trinajstić information content (AvgIpc) is 3.02. The van der Waals surface area contributed by atoms with Crippen molar-refractivity contribution in [1.29, 1.82) is 0 Å². The van der Waals surface area contributed by atoms with Gasteiger partial charge in [-0.1, -0.05) is 25.0 Å². The minimum Gasteiger partial charge on any atom is -0.391 e. The number of imidazole rings is 1. The Kier molecular flexibility index (Phi) is 4.36. The van der Waals surface area contributed by atoms with E-state index in [-0.39, 0.29) is 6.10 Å². The molecule has 0 radical (unpaired) electrons. The number of likely N-dealkylation sites (N-methyl/N-ethyl adjacent to an activating group) is 1. The third-order valence-corrected chi connectivity index (χ3v) is 4.43. The van der Waals surface area contributed by atoms with Crippen molar-refractivity contribution >= 4 is 0 Å². The molecule has 1 saturated carbocycles. The molecule has 0 bridgehead atoms. The third kappa shape index (κ3) is 3.34. The molecule has 1 aliphatic rings. The van der Waals surface area contributed by atoms with Gasteiger partial charge >= 0.3 is 0 Å². The van der Waals surface area contributed by atoms with E-state index >= 15 is 0 Å². The molecular weight excluding hydrogens is 262 g/mol. The van der Waals surface area contributed by atoms with Gasteiger partial charge < -0.3 is 9.67 Å². The maximum Gasteiger partial charge on any atom is 0.0991 e. The highest BCUT2D eigenvalue weighted by molar-refractivity contribution is 5.34. The first-order chi connectivity index (χ1) is 10.2. The SMILES string of the molecule is CN(Cc1ccc(-n2ccnc2)cc1)C1CCCCC1O. The summed E-state index contributed by atoms with van der Waals surface area (Å²) in [5.74, 6) is 0. The van der Waals surface area contributed by atoms with Crippen molar-refractivity contribution in [3.8, 4) is 5.69 Å². The lowest BCUT2D eigenvalue weighted by molar-refractivity contribution is 0.0288. The maximum absolute atomic E-state index is 10.1. The van der Waals surface area contributed by atoms with E-state index in [9.17, 15) is 5.11 Å². The van der Waals surface area contributed by atoms with Crippen LogP contribution in [-0.4, -0.2) is 38.8 Å². The van der Waals surface area contributed by atoms with E-state index in [1.54, 1.807) is 12.5 Å². The van der Waals surface area contributed by atoms with Gasteiger partial charge in [-0.15, -0.1) is 0 Å². The van der Waals surface area contributed by atoms with Crippen molar-refractivity contribution in [3.05, 3.63) is 48.5 Å². The maximum atomic E-state index is 10.1. The van der Waals surface area contributed by atoms with Crippen LogP contribution in [0.15, 0.2) is 43.0 Å². The Balaban J connectivity index is 1.64. The first-order valence-corrected chi connectivity index (χ1v) is 7.69. The van der Waals surface area contributed by atoms with Crippen LogP contribution >= 0.6 is 0 Å². The molecule has 2 atom stereocenters. The fraction of sp³-hybridized carbons (Fsp3) is 0.471. The van der Waals surface area contributed by atoms with E-state index < -0.39 is 0 Å². The molecule has 0 amide bonds. The van der Waals surface area contributed by atoms with Crippen LogP contribution < -0.4 is 0 Å². The molecule has 112 valence electrons. The Morgan fingerprint density at radius 2 is 2.00 bits per heavy atom. The number of hydrogen-bond donors (Lipinski definition) is 1. The van der Waals surface area contributed by atoms with Gasteiger partial charge in [-0.3, -0.25) is 4.90 Å². The number of hydrogen-bond acceptors (Lipinski definition) is 3. The van der Waals surface area contributed by atoms with E-state index in [2.05, 4.69) is 41.2 Å². The highest BCUT2D eigenvalue weighted by atomic mass is 16.3. The lowest BCUT2D eigenvalue weighted by Crippen LogP contribution is -2.42. The zero-order chi connectivity index (χ0) is 14.7. The van der Waals surface area contributed by atoms with Gasteiger partial charge in [-0.25, -0.2) is 4.98 Å². The van der Waals surface area contributed by atoms with Crippen LogP contribution in [0.3, 0.4) is 0 Å². The van der Waals surface area contributed by atoms with Gasteiger partial charge in [0.25, 0.3) is 0 Å². The van der Waals surface area contributed by atoms with Crippen LogP contribution in [0, 0.1) is 0 Å². The average molecular weight is 285 g/mol. The smallest absolute Gasteiger partial charge is 0.0991 e. The van der Waals surface area contributed by atoms with Gasteiger partial charge in [0.15, 0.2) is 0 Å². The van der Waals surface area contributed by atoms with Crippen molar-refractivity contribution in [3.63, 3.8) is 0 Å². The zero-order valence-electron chi connectivity index (χ0n) is 12.5. The molecule has 0 spiro atoms. The first-order valence-electron chi connectivity index (χ1n) is 7.69. The van der Waals surface area contributed by atoms with Crippen LogP contribution in [0.4, 0.5) is 0 Å². The van der Waals surface area contributed by atoms with Gasteiger partial charge in [0.2, 0.25) is 0 Å². The van der Waals surface area contributed by atoms with E-state index in [1.165, 1.54) is 12.0 Å². The Morgan fingerprint density at radius 3 is 2.67 bits per heavy atom. The van der Waals surface area contributed by atoms with E-state index in [1.807, 2.05) is 10.8 Å². The second kappa shape index (κ2) is 6.41. The highest BCUT2D eigenvalue weighted by Gasteiger charge is 2.26. The first kappa shape index (κ1) is 14.3. The molecule has 1 aromatic carbocycles. The molecule has 1 aromatic heterocycles. The van der Waals surface area contributed by atoms with Crippen molar-refractivity contribution < 1.29 is 5.11 Å². The summed E-state index contributed by atoms with van der Waals surface area (Å²) in [6.07, 6.45) is 9.79. The molecule has 2 unspecified atom stereocenters. The summed E-state index contributed by atoms with van der Waals surface area (Å²) >= 11 is 0. The monoisotopic (exact) mass is 285 g/mol. The van der Waals surface area contributed by atoms with Gasteiger partial charge in [-0.2, -0.15) is 0 Å². The highest BCUT2D eigenvalue weighted by Crippen LogP contribution is 2.23. The molecule has 0 saturated heterocycles. The van der Waals surface area contributed by atoms with Crippen LogP contribution in [0.1, 0.15) is 31.2 Å². The molecule has 4 heteroatoms. The molecule has 1 fully saturated rings. The molecule has 2 aromatic rings. The summed E-state index contributed by atoms with van der Waals surface area (Å²) in [6, 6.07) is 8.83. The minimum atomic E-state index is -0.172. The number of nitrogens with zero attached hydrogens (tertiary/aromatic N) is 3. The van der Waals surface area contributed by atoms with Crippen molar-refractivity contribution in [2.75, 3.05) is 7.05 Å². The Hall–Kier alpha value is -1.65. The van der Waals surface area contributed by atoms with Crippen LogP contribution in [0.5, 0.6) is 0 Å². The van der Waals surface area contributed by atoms with Crippen LogP contribution in [0.25, 0.3) is 5.69 Å². The van der Waals surface area contributed by atoms with Crippen LogP contribution in [-0.2, 0) is 6.54 Å². The van der Waals surface area contributed by atoms with Gasteiger partial charge in [0.1, 0.15) is 0 Å². The predicted octanol–water partition coefficient (Wildman–Crippen LogP) is 2.61. The predicted molar refractivity (Wildman–Crippen MR) is 83.3 cm³/mol. The van der Waals surface area contributed by atoms with Crippen LogP contribution in [0.2, 0.25) is 0 Å². The minimum absolute atomic E-state index is 0.172. The summed E-state index contributed by atoms with van der Waals surface area (Å²) in [7, 11) is 2.11. The quantitative estimate of drug-likeness (QED) is 0.939. The largest absolute Gasteiger partial charge is 0.391 e. The van der Waals surface area contributed by atoms with Gasteiger partial charge in [-0.05, 0) is 37.6 Å². The summed E-state index contributed by atoms with van der Waals surface area (Å²) in [5.41, 5.74) is 2.40. The molecule has 1 heterocycles. The van der Waals surface area contributed by atoms with Crippen molar-refractivity contribution in [2.24, 2.45) is 0 Å². The molecule has 4 nitrogen and oxygen atoms in total. The molecule has 3 rings (SSSR count). The van der Waals surface area contributed by atoms with Crippen molar-refractivity contribution in [2.45, 2.75) is 44.4 Å². The Morgan fingerprint density at radius 1 is 1.24 bits per heavy atom. The number of aliphatic hydroxyl groups is 1. The number of rotatable bonds is 4. The molecule has 1 N–H and O–H groups in total. The van der Waals surface area contributed by atoms with Crippen molar-refractivity contribution in [1.82, 2.24) is 14.5 Å². The fourth-order valence-electron chi connectivity index (χ4n) is 3.20. The molecular formula is C17H23N3O. The normalized spacial score (nSPS) is 22.6. The topological polar surface area (TPSA) is 41.3 Å². The summed E-state index contributed by atoms with van der Waals surface area (Å²) in [4.78, 5) is 6.35. The summed E-state index contributed by atoms with van der Waals surface area (Å²) < 4.78 is 2.00. The van der Waals surface area contributed by atoms with E-state index in [0.29, 0.717) is 6.04 Å². The summed E-state index contributed by atoms with van der Waals surface area (Å²) in [6.45, 7) is 0.881. The Bertz CT molecular complexity index is 550. The molecule has 1 aliphatic carbocycles. The Labute approximate surface area is 126 Å². The lowest BCUT2D eigenvalue weighted by atomic mass is 9.91. The fourth-order valence-corrected chi connectivity index (χ4v) is 3.20. The number of aliphatic hydroxyl groups excluding tert-OH is 1. The molecule has 21 heavy (non-hydrogen) atoms. The second-order valence-corrected chi connectivity index (χ2v) is 5.97. The number of aromatic nitrogens is 2. The molecule has 0 aliphatic heterocycles.